The van der Waals surface area contributed by atoms with Crippen LogP contribution in [0.25, 0.3) is 33.3 Å². The fourth-order valence-corrected chi connectivity index (χ4v) is 4.77. The van der Waals surface area contributed by atoms with E-state index in [1.165, 1.54) is 10.5 Å². The lowest BCUT2D eigenvalue weighted by Crippen LogP contribution is -2.12. The molecule has 0 aliphatic heterocycles. The Morgan fingerprint density at radius 2 is 1.94 bits per heavy atom. The summed E-state index contributed by atoms with van der Waals surface area (Å²) in [7, 11) is 0. The molecular formula is C29H32N2O2S. The molecular weight excluding hydrogens is 440 g/mol. The number of thioether (sulfide) groups is 1. The molecule has 0 saturated heterocycles. The Morgan fingerprint density at radius 1 is 1.15 bits per heavy atom. The molecule has 176 valence electrons. The summed E-state index contributed by atoms with van der Waals surface area (Å²) in [6.45, 7) is 16.9. The summed E-state index contributed by atoms with van der Waals surface area (Å²) in [6, 6.07) is 12.4. The second-order valence-corrected chi connectivity index (χ2v) is 11.0. The van der Waals surface area contributed by atoms with E-state index in [0.29, 0.717) is 11.6 Å². The van der Waals surface area contributed by atoms with Gasteiger partial charge in [0.05, 0.1) is 16.8 Å². The van der Waals surface area contributed by atoms with Gasteiger partial charge < -0.3 is 9.15 Å². The van der Waals surface area contributed by atoms with Crippen molar-refractivity contribution in [2.24, 2.45) is 5.92 Å². The van der Waals surface area contributed by atoms with Crippen LogP contribution in [0.15, 0.2) is 75.9 Å². The van der Waals surface area contributed by atoms with Crippen LogP contribution >= 0.6 is 11.8 Å². The number of nitrogens with zero attached hydrogens (tertiary/aromatic N) is 2. The van der Waals surface area contributed by atoms with Gasteiger partial charge in [-0.15, -0.1) is 0 Å². The summed E-state index contributed by atoms with van der Waals surface area (Å²) in [5.74, 6) is 2.23. The van der Waals surface area contributed by atoms with Gasteiger partial charge >= 0.3 is 0 Å². The Hall–Kier alpha value is -3.05. The summed E-state index contributed by atoms with van der Waals surface area (Å²) in [5.41, 5.74) is 4.46. The highest BCUT2D eigenvalue weighted by Gasteiger charge is 2.21. The standard InChI is InChI=1S/C29H32N2O2S/c1-8-34-25-14-11-20(15-23(25)29(5,6)7)27-26-22-13-12-21(32-19(4)10-9-18(2)3)16-24(22)33-28(26)31-17-30-27/h8,10-18H,1,9H2,2-7H3/b19-10+. The van der Waals surface area contributed by atoms with Crippen molar-refractivity contribution in [1.82, 2.24) is 9.97 Å². The van der Waals surface area contributed by atoms with Crippen molar-refractivity contribution < 1.29 is 9.15 Å². The van der Waals surface area contributed by atoms with Gasteiger partial charge in [0, 0.05) is 21.9 Å². The largest absolute Gasteiger partial charge is 0.462 e. The van der Waals surface area contributed by atoms with Crippen LogP contribution in [-0.4, -0.2) is 9.97 Å². The van der Waals surface area contributed by atoms with Crippen LogP contribution in [0, 0.1) is 5.92 Å². The second-order valence-electron chi connectivity index (χ2n) is 9.95. The van der Waals surface area contributed by atoms with E-state index in [2.05, 4.69) is 75.4 Å². The minimum absolute atomic E-state index is 0.0147. The first-order valence-corrected chi connectivity index (χ1v) is 12.5. The smallest absolute Gasteiger partial charge is 0.230 e. The van der Waals surface area contributed by atoms with Gasteiger partial charge in [-0.3, -0.25) is 0 Å². The Kier molecular flexibility index (Phi) is 6.85. The zero-order valence-electron chi connectivity index (χ0n) is 20.8. The van der Waals surface area contributed by atoms with Crippen LogP contribution in [0.2, 0.25) is 0 Å². The zero-order valence-corrected chi connectivity index (χ0v) is 21.6. The molecule has 0 radical (unpaired) electrons. The normalized spacial score (nSPS) is 12.6. The van der Waals surface area contributed by atoms with Crippen LogP contribution in [0.4, 0.5) is 0 Å². The van der Waals surface area contributed by atoms with E-state index in [9.17, 15) is 0 Å². The molecule has 0 saturated carbocycles. The van der Waals surface area contributed by atoms with Gasteiger partial charge in [-0.2, -0.15) is 0 Å². The molecule has 0 aliphatic carbocycles. The predicted molar refractivity (Wildman–Crippen MR) is 143 cm³/mol. The predicted octanol–water partition coefficient (Wildman–Crippen LogP) is 8.90. The van der Waals surface area contributed by atoms with E-state index in [-0.39, 0.29) is 5.41 Å². The molecule has 2 aromatic heterocycles. The highest BCUT2D eigenvalue weighted by atomic mass is 32.2. The third-order valence-corrected chi connectivity index (χ3v) is 6.45. The Balaban J connectivity index is 1.80. The summed E-state index contributed by atoms with van der Waals surface area (Å²) in [4.78, 5) is 10.3. The van der Waals surface area contributed by atoms with E-state index in [1.807, 2.05) is 30.5 Å². The molecule has 0 N–H and O–H groups in total. The van der Waals surface area contributed by atoms with Crippen molar-refractivity contribution in [3.05, 3.63) is 72.1 Å². The summed E-state index contributed by atoms with van der Waals surface area (Å²) < 4.78 is 12.2. The van der Waals surface area contributed by atoms with E-state index < -0.39 is 0 Å². The molecule has 4 aromatic rings. The van der Waals surface area contributed by atoms with Crippen molar-refractivity contribution in [2.75, 3.05) is 0 Å². The molecule has 5 heteroatoms. The maximum atomic E-state index is 6.13. The molecule has 0 unspecified atom stereocenters. The van der Waals surface area contributed by atoms with Crippen molar-refractivity contribution in [3.63, 3.8) is 0 Å². The van der Waals surface area contributed by atoms with Gasteiger partial charge in [0.1, 0.15) is 17.7 Å². The van der Waals surface area contributed by atoms with Crippen molar-refractivity contribution in [3.8, 4) is 17.0 Å². The molecule has 4 rings (SSSR count). The number of ether oxygens (including phenoxy) is 1. The first kappa shape index (κ1) is 24.1. The topological polar surface area (TPSA) is 48.2 Å². The molecule has 34 heavy (non-hydrogen) atoms. The van der Waals surface area contributed by atoms with Gasteiger partial charge in [0.2, 0.25) is 5.71 Å². The van der Waals surface area contributed by atoms with Crippen LogP contribution in [0.1, 0.15) is 53.5 Å². The van der Waals surface area contributed by atoms with E-state index in [1.54, 1.807) is 18.1 Å². The molecule has 2 aromatic carbocycles. The lowest BCUT2D eigenvalue weighted by Gasteiger charge is -2.23. The maximum absolute atomic E-state index is 6.13. The Bertz CT molecular complexity index is 1380. The number of hydrogen-bond donors (Lipinski definition) is 0. The molecule has 4 nitrogen and oxygen atoms in total. The molecule has 0 aliphatic rings. The first-order valence-electron chi connectivity index (χ1n) is 11.6. The molecule has 0 bridgehead atoms. The van der Waals surface area contributed by atoms with E-state index >= 15 is 0 Å². The lowest BCUT2D eigenvalue weighted by molar-refractivity contribution is 0.422. The van der Waals surface area contributed by atoms with Gasteiger partial charge in [-0.05, 0) is 66.0 Å². The molecule has 0 spiro atoms. The number of rotatable bonds is 7. The van der Waals surface area contributed by atoms with Gasteiger partial charge in [0.15, 0.2) is 0 Å². The number of furan rings is 1. The third-order valence-electron chi connectivity index (χ3n) is 5.67. The summed E-state index contributed by atoms with van der Waals surface area (Å²) >= 11 is 1.65. The van der Waals surface area contributed by atoms with E-state index in [4.69, 9.17) is 9.15 Å². The molecule has 0 atom stereocenters. The lowest BCUT2D eigenvalue weighted by atomic mass is 9.85. The fraction of sp³-hybridized carbons (Fsp3) is 0.310. The average molecular weight is 473 g/mol. The highest BCUT2D eigenvalue weighted by molar-refractivity contribution is 8.02. The third kappa shape index (κ3) is 5.05. The van der Waals surface area contributed by atoms with Crippen LogP contribution in [0.5, 0.6) is 5.75 Å². The number of allylic oxidation sites excluding steroid dienone is 2. The molecule has 0 fully saturated rings. The SMILES string of the molecule is C=CSc1ccc(-c2ncnc3oc4cc(O/C(C)=C/CC(C)C)ccc4c23)cc1C(C)(C)C. The zero-order chi connectivity index (χ0) is 24.5. The molecule has 0 amide bonds. The van der Waals surface area contributed by atoms with Crippen molar-refractivity contribution >= 4 is 33.8 Å². The van der Waals surface area contributed by atoms with Crippen molar-refractivity contribution in [2.45, 2.75) is 58.3 Å². The monoisotopic (exact) mass is 472 g/mol. The minimum atomic E-state index is -0.0147. The second kappa shape index (κ2) is 9.67. The highest BCUT2D eigenvalue weighted by Crippen LogP contribution is 2.39. The average Bonchev–Trinajstić information content (AvgIpc) is 3.15. The van der Waals surface area contributed by atoms with E-state index in [0.717, 1.165) is 45.5 Å². The fourth-order valence-electron chi connectivity index (χ4n) is 3.95. The quantitative estimate of drug-likeness (QED) is 0.198. The number of aromatic nitrogens is 2. The van der Waals surface area contributed by atoms with Gasteiger partial charge in [0.25, 0.3) is 0 Å². The number of hydrogen-bond acceptors (Lipinski definition) is 5. The Morgan fingerprint density at radius 3 is 2.65 bits per heavy atom. The van der Waals surface area contributed by atoms with Crippen LogP contribution < -0.4 is 4.74 Å². The molecule has 2 heterocycles. The van der Waals surface area contributed by atoms with Crippen molar-refractivity contribution in [1.29, 1.82) is 0 Å². The summed E-state index contributed by atoms with van der Waals surface area (Å²) in [5, 5.41) is 3.76. The number of benzene rings is 2. The maximum Gasteiger partial charge on any atom is 0.230 e. The van der Waals surface area contributed by atoms with Gasteiger partial charge in [-0.1, -0.05) is 59.0 Å². The first-order chi connectivity index (χ1) is 16.2. The number of fused-ring (bicyclic) bond motifs is 3. The van der Waals surface area contributed by atoms with Crippen LogP contribution in [0.3, 0.4) is 0 Å². The Labute approximate surface area is 206 Å². The van der Waals surface area contributed by atoms with Gasteiger partial charge in [-0.25, -0.2) is 9.97 Å². The van der Waals surface area contributed by atoms with Crippen LogP contribution in [-0.2, 0) is 5.41 Å². The summed E-state index contributed by atoms with van der Waals surface area (Å²) in [6.07, 6.45) is 4.68. The minimum Gasteiger partial charge on any atom is -0.462 e.